The predicted molar refractivity (Wildman–Crippen MR) is 101 cm³/mol. The summed E-state index contributed by atoms with van der Waals surface area (Å²) in [4.78, 5) is 14.5. The number of hydrogen-bond acceptors (Lipinski definition) is 4. The van der Waals surface area contributed by atoms with E-state index in [1.54, 1.807) is 7.11 Å². The highest BCUT2D eigenvalue weighted by atomic mass is 32.1. The van der Waals surface area contributed by atoms with Gasteiger partial charge in [-0.15, -0.1) is 0 Å². The largest absolute Gasteiger partial charge is 0.493 e. The van der Waals surface area contributed by atoms with Crippen LogP contribution in [0.25, 0.3) is 0 Å². The summed E-state index contributed by atoms with van der Waals surface area (Å²) in [6, 6.07) is 5.57. The zero-order valence-corrected chi connectivity index (χ0v) is 15.7. The van der Waals surface area contributed by atoms with E-state index in [4.69, 9.17) is 21.7 Å². The molecule has 5 nitrogen and oxygen atoms in total. The van der Waals surface area contributed by atoms with Gasteiger partial charge in [-0.25, -0.2) is 0 Å². The summed E-state index contributed by atoms with van der Waals surface area (Å²) in [5, 5.41) is 3.96. The highest BCUT2D eigenvalue weighted by Gasteiger charge is 2.36. The molecule has 6 heteroatoms. The average molecular weight is 360 g/mol. The number of thiocarbonyl (C=S) groups is 1. The van der Waals surface area contributed by atoms with Crippen LogP contribution in [0.3, 0.4) is 0 Å². The minimum absolute atomic E-state index is 0.194. The first-order valence-corrected chi connectivity index (χ1v) is 9.08. The minimum Gasteiger partial charge on any atom is -0.493 e. The van der Waals surface area contributed by atoms with E-state index >= 15 is 0 Å². The summed E-state index contributed by atoms with van der Waals surface area (Å²) in [7, 11) is 3.55. The Balaban J connectivity index is 2.03. The van der Waals surface area contributed by atoms with Crippen LogP contribution in [0, 0.1) is 0 Å². The van der Waals surface area contributed by atoms with E-state index in [-0.39, 0.29) is 11.8 Å². The lowest BCUT2D eigenvalue weighted by Gasteiger charge is -2.39. The standard InChI is InChI=1S/C19H24N2O3S/c1-4-10-24-16-11-12(8-9-15(16)23-3)18-17-13(6-5-7-14(17)22)21(2)19(25)20-18/h8-9,11,18H,4-7,10H2,1-3H3,(H,20,25). The molecule has 0 bridgehead atoms. The van der Waals surface area contributed by atoms with Crippen molar-refractivity contribution in [2.24, 2.45) is 0 Å². The molecule has 0 amide bonds. The molecule has 0 aromatic heterocycles. The number of nitrogens with one attached hydrogen (secondary N) is 1. The summed E-state index contributed by atoms with van der Waals surface area (Å²) < 4.78 is 11.2. The summed E-state index contributed by atoms with van der Waals surface area (Å²) in [5.74, 6) is 1.58. The van der Waals surface area contributed by atoms with Gasteiger partial charge in [0.1, 0.15) is 0 Å². The van der Waals surface area contributed by atoms with Crippen LogP contribution in [0.1, 0.15) is 44.2 Å². The third-order valence-electron chi connectivity index (χ3n) is 4.68. The number of rotatable bonds is 5. The maximum absolute atomic E-state index is 12.6. The first-order valence-electron chi connectivity index (χ1n) is 8.68. The van der Waals surface area contributed by atoms with Crippen LogP contribution < -0.4 is 14.8 Å². The van der Waals surface area contributed by atoms with Gasteiger partial charge in [-0.1, -0.05) is 13.0 Å². The van der Waals surface area contributed by atoms with E-state index in [0.29, 0.717) is 29.6 Å². The Morgan fingerprint density at radius 2 is 2.12 bits per heavy atom. The van der Waals surface area contributed by atoms with Crippen molar-refractivity contribution in [3.63, 3.8) is 0 Å². The maximum atomic E-state index is 12.6. The smallest absolute Gasteiger partial charge is 0.173 e. The maximum Gasteiger partial charge on any atom is 0.173 e. The first-order chi connectivity index (χ1) is 12.1. The van der Waals surface area contributed by atoms with Crippen LogP contribution in [0.5, 0.6) is 11.5 Å². The number of ketones is 1. The van der Waals surface area contributed by atoms with Gasteiger partial charge in [0.05, 0.1) is 19.8 Å². The van der Waals surface area contributed by atoms with Gasteiger partial charge >= 0.3 is 0 Å². The van der Waals surface area contributed by atoms with Crippen molar-refractivity contribution in [3.05, 3.63) is 35.0 Å². The lowest BCUT2D eigenvalue weighted by atomic mass is 9.85. The van der Waals surface area contributed by atoms with Crippen LogP contribution in [0.2, 0.25) is 0 Å². The molecule has 0 saturated carbocycles. The fourth-order valence-corrected chi connectivity index (χ4v) is 3.61. The molecule has 1 aromatic carbocycles. The van der Waals surface area contributed by atoms with E-state index in [1.165, 1.54) is 0 Å². The Hall–Kier alpha value is -2.08. The number of carbonyl (C=O) groups excluding carboxylic acids is 1. The molecule has 1 heterocycles. The highest BCUT2D eigenvalue weighted by molar-refractivity contribution is 7.80. The van der Waals surface area contributed by atoms with Gasteiger partial charge in [-0.3, -0.25) is 4.79 Å². The van der Waals surface area contributed by atoms with Crippen molar-refractivity contribution in [3.8, 4) is 11.5 Å². The molecule has 134 valence electrons. The van der Waals surface area contributed by atoms with Gasteiger partial charge in [0.25, 0.3) is 0 Å². The molecule has 1 unspecified atom stereocenters. The molecule has 0 spiro atoms. The molecule has 1 atom stereocenters. The van der Waals surface area contributed by atoms with Gasteiger partial charge in [-0.05, 0) is 49.2 Å². The van der Waals surface area contributed by atoms with E-state index in [0.717, 1.165) is 36.1 Å². The molecule has 1 aliphatic carbocycles. The molecular formula is C19H24N2O3S. The number of carbonyl (C=O) groups is 1. The van der Waals surface area contributed by atoms with E-state index in [2.05, 4.69) is 12.2 Å². The topological polar surface area (TPSA) is 50.8 Å². The molecule has 3 rings (SSSR count). The summed E-state index contributed by atoms with van der Waals surface area (Å²) in [6.45, 7) is 2.68. The van der Waals surface area contributed by atoms with Gasteiger partial charge in [0, 0.05) is 24.7 Å². The Labute approximate surface area is 154 Å². The zero-order valence-electron chi connectivity index (χ0n) is 14.9. The van der Waals surface area contributed by atoms with Crippen molar-refractivity contribution < 1.29 is 14.3 Å². The molecule has 1 N–H and O–H groups in total. The average Bonchev–Trinajstić information content (AvgIpc) is 2.63. The van der Waals surface area contributed by atoms with Crippen LogP contribution in [0.15, 0.2) is 29.5 Å². The SMILES string of the molecule is CCCOc1cc(C2NC(=S)N(C)C3=C2C(=O)CCC3)ccc1OC. The molecule has 0 fully saturated rings. The lowest BCUT2D eigenvalue weighted by molar-refractivity contribution is -0.116. The molecule has 25 heavy (non-hydrogen) atoms. The van der Waals surface area contributed by atoms with Crippen molar-refractivity contribution in [2.45, 2.75) is 38.6 Å². The molecule has 1 aromatic rings. The Morgan fingerprint density at radius 1 is 1.32 bits per heavy atom. The molecule has 0 saturated heterocycles. The Bertz CT molecular complexity index is 729. The lowest BCUT2D eigenvalue weighted by Crippen LogP contribution is -2.47. The number of allylic oxidation sites excluding steroid dienone is 1. The summed E-state index contributed by atoms with van der Waals surface area (Å²) >= 11 is 5.48. The second kappa shape index (κ2) is 7.44. The molecule has 0 radical (unpaired) electrons. The first kappa shape index (κ1) is 17.7. The fraction of sp³-hybridized carbons (Fsp3) is 0.474. The van der Waals surface area contributed by atoms with Gasteiger partial charge in [0.15, 0.2) is 22.4 Å². The Kier molecular flexibility index (Phi) is 5.27. The van der Waals surface area contributed by atoms with E-state index < -0.39 is 0 Å². The van der Waals surface area contributed by atoms with Crippen LogP contribution in [0.4, 0.5) is 0 Å². The number of methoxy groups -OCH3 is 1. The summed E-state index contributed by atoms with van der Waals surface area (Å²) in [6.07, 6.45) is 3.26. The second-order valence-corrected chi connectivity index (χ2v) is 6.72. The number of benzene rings is 1. The third-order valence-corrected chi connectivity index (χ3v) is 5.07. The fourth-order valence-electron chi connectivity index (χ4n) is 3.39. The van der Waals surface area contributed by atoms with Crippen molar-refractivity contribution >= 4 is 23.1 Å². The van der Waals surface area contributed by atoms with Crippen molar-refractivity contribution in [2.75, 3.05) is 20.8 Å². The van der Waals surface area contributed by atoms with Crippen LogP contribution in [-0.2, 0) is 4.79 Å². The highest BCUT2D eigenvalue weighted by Crippen LogP contribution is 2.39. The van der Waals surface area contributed by atoms with Crippen molar-refractivity contribution in [1.82, 2.24) is 10.2 Å². The van der Waals surface area contributed by atoms with E-state index in [1.807, 2.05) is 30.1 Å². The third kappa shape index (κ3) is 3.35. The number of ether oxygens (including phenoxy) is 2. The molecule has 2 aliphatic rings. The minimum atomic E-state index is -0.235. The summed E-state index contributed by atoms with van der Waals surface area (Å²) in [5.41, 5.74) is 2.83. The van der Waals surface area contributed by atoms with Crippen LogP contribution in [-0.4, -0.2) is 36.6 Å². The zero-order chi connectivity index (χ0) is 18.0. The molecular weight excluding hydrogens is 336 g/mol. The number of hydrogen-bond donors (Lipinski definition) is 1. The second-order valence-electron chi connectivity index (χ2n) is 6.34. The van der Waals surface area contributed by atoms with E-state index in [9.17, 15) is 4.79 Å². The van der Waals surface area contributed by atoms with Gasteiger partial charge in [-0.2, -0.15) is 0 Å². The quantitative estimate of drug-likeness (QED) is 0.813. The van der Waals surface area contributed by atoms with Crippen molar-refractivity contribution in [1.29, 1.82) is 0 Å². The van der Waals surface area contributed by atoms with Gasteiger partial charge < -0.3 is 19.7 Å². The number of nitrogens with zero attached hydrogens (tertiary/aromatic N) is 1. The monoisotopic (exact) mass is 360 g/mol. The molecule has 1 aliphatic heterocycles. The van der Waals surface area contributed by atoms with Crippen LogP contribution >= 0.6 is 12.2 Å². The predicted octanol–water partition coefficient (Wildman–Crippen LogP) is 3.35. The Morgan fingerprint density at radius 3 is 2.84 bits per heavy atom. The normalized spacial score (nSPS) is 20.3. The number of Topliss-reactive ketones (excluding diaryl/α,β-unsaturated/α-hetero) is 1. The van der Waals surface area contributed by atoms with Gasteiger partial charge in [0.2, 0.25) is 0 Å².